The van der Waals surface area contributed by atoms with Gasteiger partial charge in [-0.3, -0.25) is 20.4 Å². The standard InChI is InChI=1S/C18H19F2N5O2/c1-11-4-2-5-13(8-11)18(6-3-7-18)23-17-21-9-12(10-22-17)15(26)24-25-16(27)14(19)20/h2,4-5,8-10,14H,3,6-7H2,1H3,(H,24,26)(H,25,27)(H,21,22,23). The molecule has 2 aromatic rings. The van der Waals surface area contributed by atoms with Gasteiger partial charge < -0.3 is 5.32 Å². The SMILES string of the molecule is Cc1cccc(C2(Nc3ncc(C(=O)NNC(=O)C(F)F)cn3)CCC2)c1. The van der Waals surface area contributed by atoms with Gasteiger partial charge in [0.1, 0.15) is 0 Å². The maximum absolute atomic E-state index is 12.1. The molecule has 0 atom stereocenters. The molecule has 9 heteroatoms. The summed E-state index contributed by atoms with van der Waals surface area (Å²) in [7, 11) is 0. The molecule has 0 bridgehead atoms. The van der Waals surface area contributed by atoms with Crippen molar-refractivity contribution >= 4 is 17.8 Å². The number of benzene rings is 1. The summed E-state index contributed by atoms with van der Waals surface area (Å²) in [5.74, 6) is -2.01. The lowest BCUT2D eigenvalue weighted by atomic mass is 9.71. The molecule has 27 heavy (non-hydrogen) atoms. The zero-order valence-corrected chi connectivity index (χ0v) is 14.6. The molecule has 1 fully saturated rings. The Labute approximate surface area is 154 Å². The van der Waals surface area contributed by atoms with Crippen molar-refractivity contribution in [3.05, 3.63) is 53.3 Å². The number of nitrogens with one attached hydrogen (secondary N) is 3. The molecule has 1 saturated carbocycles. The number of rotatable bonds is 5. The Morgan fingerprint density at radius 3 is 2.41 bits per heavy atom. The van der Waals surface area contributed by atoms with Crippen molar-refractivity contribution in [3.63, 3.8) is 0 Å². The Morgan fingerprint density at radius 2 is 1.85 bits per heavy atom. The Hall–Kier alpha value is -3.10. The molecule has 0 spiro atoms. The number of alkyl halides is 2. The van der Waals surface area contributed by atoms with E-state index in [1.807, 2.05) is 24.5 Å². The highest BCUT2D eigenvalue weighted by atomic mass is 19.3. The third-order valence-corrected chi connectivity index (χ3v) is 4.54. The fourth-order valence-electron chi connectivity index (χ4n) is 2.93. The van der Waals surface area contributed by atoms with Gasteiger partial charge in [0.2, 0.25) is 5.95 Å². The normalized spacial score (nSPS) is 15.0. The Morgan fingerprint density at radius 1 is 1.15 bits per heavy atom. The zero-order valence-electron chi connectivity index (χ0n) is 14.6. The van der Waals surface area contributed by atoms with E-state index in [1.54, 1.807) is 5.43 Å². The van der Waals surface area contributed by atoms with E-state index in [0.29, 0.717) is 5.95 Å². The highest BCUT2D eigenvalue weighted by Crippen LogP contribution is 2.43. The highest BCUT2D eigenvalue weighted by molar-refractivity contribution is 5.95. The van der Waals surface area contributed by atoms with Crippen LogP contribution >= 0.6 is 0 Å². The second-order valence-electron chi connectivity index (χ2n) is 6.47. The number of aryl methyl sites for hydroxylation is 1. The van der Waals surface area contributed by atoms with Crippen molar-refractivity contribution in [2.75, 3.05) is 5.32 Å². The molecular weight excluding hydrogens is 356 g/mol. The molecule has 1 aliphatic rings. The van der Waals surface area contributed by atoms with Gasteiger partial charge in [-0.15, -0.1) is 0 Å². The van der Waals surface area contributed by atoms with E-state index in [1.165, 1.54) is 18.0 Å². The number of amides is 2. The lowest BCUT2D eigenvalue weighted by Crippen LogP contribution is -2.44. The number of anilines is 1. The van der Waals surface area contributed by atoms with Gasteiger partial charge in [0.15, 0.2) is 0 Å². The maximum Gasteiger partial charge on any atom is 0.317 e. The summed E-state index contributed by atoms with van der Waals surface area (Å²) in [6.45, 7) is 2.03. The molecule has 3 N–H and O–H groups in total. The first kappa shape index (κ1) is 18.7. The van der Waals surface area contributed by atoms with Crippen LogP contribution in [-0.2, 0) is 10.3 Å². The summed E-state index contributed by atoms with van der Waals surface area (Å²) in [6.07, 6.45) is 2.30. The second-order valence-corrected chi connectivity index (χ2v) is 6.47. The zero-order chi connectivity index (χ0) is 19.4. The molecule has 1 aliphatic carbocycles. The molecule has 0 aliphatic heterocycles. The van der Waals surface area contributed by atoms with Crippen LogP contribution in [0.3, 0.4) is 0 Å². The van der Waals surface area contributed by atoms with E-state index in [0.717, 1.165) is 24.8 Å². The molecule has 1 aromatic carbocycles. The highest BCUT2D eigenvalue weighted by Gasteiger charge is 2.39. The van der Waals surface area contributed by atoms with Crippen LogP contribution < -0.4 is 16.2 Å². The number of hydrazine groups is 1. The molecule has 0 saturated heterocycles. The molecular formula is C18H19F2N5O2. The van der Waals surface area contributed by atoms with Gasteiger partial charge in [0, 0.05) is 12.4 Å². The van der Waals surface area contributed by atoms with Crippen molar-refractivity contribution in [1.82, 2.24) is 20.8 Å². The smallest absolute Gasteiger partial charge is 0.317 e. The van der Waals surface area contributed by atoms with Crippen molar-refractivity contribution in [3.8, 4) is 0 Å². The molecule has 7 nitrogen and oxygen atoms in total. The third kappa shape index (κ3) is 4.18. The number of hydrogen-bond acceptors (Lipinski definition) is 5. The Balaban J connectivity index is 1.66. The number of nitrogens with zero attached hydrogens (tertiary/aromatic N) is 2. The minimum absolute atomic E-state index is 0.0355. The first-order valence-corrected chi connectivity index (χ1v) is 8.45. The van der Waals surface area contributed by atoms with E-state index in [9.17, 15) is 18.4 Å². The Kier molecular flexibility index (Phi) is 5.29. The summed E-state index contributed by atoms with van der Waals surface area (Å²) in [6, 6.07) is 8.23. The van der Waals surface area contributed by atoms with E-state index >= 15 is 0 Å². The van der Waals surface area contributed by atoms with Crippen molar-refractivity contribution in [2.24, 2.45) is 0 Å². The summed E-state index contributed by atoms with van der Waals surface area (Å²) in [4.78, 5) is 30.9. The topological polar surface area (TPSA) is 96.0 Å². The minimum atomic E-state index is -3.21. The maximum atomic E-state index is 12.1. The lowest BCUT2D eigenvalue weighted by Gasteiger charge is -2.43. The number of carbonyl (C=O) groups is 2. The number of halogens is 2. The van der Waals surface area contributed by atoms with Crippen molar-refractivity contribution in [2.45, 2.75) is 38.2 Å². The summed E-state index contributed by atoms with van der Waals surface area (Å²) >= 11 is 0. The molecule has 0 unspecified atom stereocenters. The van der Waals surface area contributed by atoms with Crippen LogP contribution in [0.2, 0.25) is 0 Å². The first-order valence-electron chi connectivity index (χ1n) is 8.45. The van der Waals surface area contributed by atoms with Crippen LogP contribution in [0.5, 0.6) is 0 Å². The van der Waals surface area contributed by atoms with Crippen molar-refractivity contribution < 1.29 is 18.4 Å². The van der Waals surface area contributed by atoms with Crippen LogP contribution in [-0.4, -0.2) is 28.2 Å². The molecule has 1 heterocycles. The van der Waals surface area contributed by atoms with E-state index in [2.05, 4.69) is 27.4 Å². The van der Waals surface area contributed by atoms with Crippen LogP contribution in [0.15, 0.2) is 36.7 Å². The van der Waals surface area contributed by atoms with Crippen LogP contribution in [0.4, 0.5) is 14.7 Å². The average Bonchev–Trinajstić information content (AvgIpc) is 2.62. The summed E-state index contributed by atoms with van der Waals surface area (Å²) in [5.41, 5.74) is 5.63. The molecule has 142 valence electrons. The summed E-state index contributed by atoms with van der Waals surface area (Å²) < 4.78 is 24.2. The van der Waals surface area contributed by atoms with Crippen LogP contribution in [0, 0.1) is 6.92 Å². The monoisotopic (exact) mass is 375 g/mol. The minimum Gasteiger partial charge on any atom is -0.345 e. The predicted molar refractivity (Wildman–Crippen MR) is 94.0 cm³/mol. The quantitative estimate of drug-likeness (QED) is 0.697. The molecule has 3 rings (SSSR count). The van der Waals surface area contributed by atoms with Crippen molar-refractivity contribution in [1.29, 1.82) is 0 Å². The number of carbonyl (C=O) groups excluding carboxylic acids is 2. The predicted octanol–water partition coefficient (Wildman–Crippen LogP) is 2.30. The second kappa shape index (κ2) is 7.65. The van der Waals surface area contributed by atoms with E-state index < -0.39 is 18.2 Å². The van der Waals surface area contributed by atoms with Crippen LogP contribution in [0.1, 0.15) is 40.7 Å². The van der Waals surface area contributed by atoms with E-state index in [-0.39, 0.29) is 11.1 Å². The van der Waals surface area contributed by atoms with Gasteiger partial charge in [-0.2, -0.15) is 8.78 Å². The largest absolute Gasteiger partial charge is 0.345 e. The van der Waals surface area contributed by atoms with Gasteiger partial charge in [0.05, 0.1) is 11.1 Å². The average molecular weight is 375 g/mol. The van der Waals surface area contributed by atoms with Gasteiger partial charge >= 0.3 is 12.3 Å². The molecule has 1 aromatic heterocycles. The molecule has 2 amide bonds. The van der Waals surface area contributed by atoms with Gasteiger partial charge in [-0.1, -0.05) is 29.8 Å². The Bertz CT molecular complexity index is 838. The van der Waals surface area contributed by atoms with Gasteiger partial charge in [-0.05, 0) is 31.7 Å². The fraction of sp³-hybridized carbons (Fsp3) is 0.333. The van der Waals surface area contributed by atoms with Gasteiger partial charge in [-0.25, -0.2) is 9.97 Å². The first-order chi connectivity index (χ1) is 12.9. The fourth-order valence-corrected chi connectivity index (χ4v) is 2.93. The van der Waals surface area contributed by atoms with Gasteiger partial charge in [0.25, 0.3) is 5.91 Å². The third-order valence-electron chi connectivity index (χ3n) is 4.54. The van der Waals surface area contributed by atoms with E-state index in [4.69, 9.17) is 0 Å². The number of aromatic nitrogens is 2. The molecule has 0 radical (unpaired) electrons. The van der Waals surface area contributed by atoms with Crippen LogP contribution in [0.25, 0.3) is 0 Å². The summed E-state index contributed by atoms with van der Waals surface area (Å²) in [5, 5.41) is 3.34. The lowest BCUT2D eigenvalue weighted by molar-refractivity contribution is -0.132. The number of hydrogen-bond donors (Lipinski definition) is 3.